The van der Waals surface area contributed by atoms with Gasteiger partial charge in [0.25, 0.3) is 5.91 Å². The van der Waals surface area contributed by atoms with Crippen LogP contribution in [0.2, 0.25) is 10.0 Å². The van der Waals surface area contributed by atoms with E-state index >= 15 is 0 Å². The fourth-order valence-corrected chi connectivity index (χ4v) is 2.97. The average Bonchev–Trinajstić information content (AvgIpc) is 3.03. The first kappa shape index (κ1) is 23.0. The summed E-state index contributed by atoms with van der Waals surface area (Å²) < 4.78 is 6.63. The number of amides is 2. The lowest BCUT2D eigenvalue weighted by molar-refractivity contribution is 0.0527. The van der Waals surface area contributed by atoms with Gasteiger partial charge in [0.05, 0.1) is 10.0 Å². The van der Waals surface area contributed by atoms with E-state index in [1.807, 2.05) is 6.92 Å². The van der Waals surface area contributed by atoms with Gasteiger partial charge in [0, 0.05) is 19.5 Å². The molecule has 2 rings (SSSR count). The molecule has 1 aromatic heterocycles. The van der Waals surface area contributed by atoms with Crippen molar-refractivity contribution in [2.24, 2.45) is 0 Å². The molecular weight excluding hydrogens is 417 g/mol. The highest BCUT2D eigenvalue weighted by atomic mass is 35.5. The maximum atomic E-state index is 12.4. The molecule has 0 bridgehead atoms. The third kappa shape index (κ3) is 6.61. The smallest absolute Gasteiger partial charge is 0.407 e. The van der Waals surface area contributed by atoms with Crippen LogP contribution < -0.4 is 10.6 Å². The summed E-state index contributed by atoms with van der Waals surface area (Å²) in [7, 11) is 0. The predicted molar refractivity (Wildman–Crippen MR) is 112 cm³/mol. The summed E-state index contributed by atoms with van der Waals surface area (Å²) in [5.74, 6) is 0.175. The van der Waals surface area contributed by atoms with E-state index in [4.69, 9.17) is 27.9 Å². The van der Waals surface area contributed by atoms with Gasteiger partial charge in [-0.15, -0.1) is 5.10 Å². The molecule has 0 spiro atoms. The number of aromatic nitrogens is 3. The van der Waals surface area contributed by atoms with Crippen LogP contribution in [-0.4, -0.2) is 45.5 Å². The largest absolute Gasteiger partial charge is 0.444 e. The molecule has 0 saturated carbocycles. The maximum Gasteiger partial charge on any atom is 0.407 e. The Morgan fingerprint density at radius 1 is 1.14 bits per heavy atom. The Morgan fingerprint density at radius 3 is 2.34 bits per heavy atom. The van der Waals surface area contributed by atoms with E-state index in [1.54, 1.807) is 39.0 Å². The van der Waals surface area contributed by atoms with Gasteiger partial charge in [0.15, 0.2) is 0 Å². The van der Waals surface area contributed by atoms with E-state index < -0.39 is 17.6 Å². The Kier molecular flexibility index (Phi) is 7.87. The molecule has 0 unspecified atom stereocenters. The zero-order chi connectivity index (χ0) is 21.6. The van der Waals surface area contributed by atoms with Crippen molar-refractivity contribution in [3.63, 3.8) is 0 Å². The Labute approximate surface area is 179 Å². The first-order chi connectivity index (χ1) is 13.6. The van der Waals surface area contributed by atoms with Crippen molar-refractivity contribution in [1.29, 1.82) is 0 Å². The average molecular weight is 442 g/mol. The number of rotatable bonds is 7. The SMILES string of the molecule is CCc1nc(C(=O)NCCCNC(=O)OC(C)(C)C)nn1-c1c(Cl)cccc1Cl. The van der Waals surface area contributed by atoms with Crippen LogP contribution >= 0.6 is 23.2 Å². The molecule has 0 atom stereocenters. The highest BCUT2D eigenvalue weighted by Crippen LogP contribution is 2.28. The van der Waals surface area contributed by atoms with Gasteiger partial charge in [-0.1, -0.05) is 36.2 Å². The lowest BCUT2D eigenvalue weighted by atomic mass is 10.2. The van der Waals surface area contributed by atoms with E-state index in [-0.39, 0.29) is 5.82 Å². The third-order valence-electron chi connectivity index (χ3n) is 3.65. The second kappa shape index (κ2) is 9.93. The highest BCUT2D eigenvalue weighted by Gasteiger charge is 2.19. The molecule has 1 heterocycles. The first-order valence-electron chi connectivity index (χ1n) is 9.27. The van der Waals surface area contributed by atoms with Gasteiger partial charge >= 0.3 is 6.09 Å². The maximum absolute atomic E-state index is 12.4. The molecule has 2 amide bonds. The number of hydrogen-bond donors (Lipinski definition) is 2. The molecule has 1 aromatic carbocycles. The quantitative estimate of drug-likeness (QED) is 0.636. The van der Waals surface area contributed by atoms with E-state index in [0.717, 1.165) is 0 Å². The Morgan fingerprint density at radius 2 is 1.76 bits per heavy atom. The van der Waals surface area contributed by atoms with Crippen LogP contribution in [0.25, 0.3) is 5.69 Å². The van der Waals surface area contributed by atoms with Gasteiger partial charge in [0.2, 0.25) is 5.82 Å². The number of halogens is 2. The van der Waals surface area contributed by atoms with Crippen molar-refractivity contribution < 1.29 is 14.3 Å². The number of carbonyl (C=O) groups excluding carboxylic acids is 2. The van der Waals surface area contributed by atoms with Gasteiger partial charge in [-0.2, -0.15) is 0 Å². The fourth-order valence-electron chi connectivity index (χ4n) is 2.41. The van der Waals surface area contributed by atoms with Crippen molar-refractivity contribution in [3.8, 4) is 5.69 Å². The van der Waals surface area contributed by atoms with Gasteiger partial charge in [0.1, 0.15) is 17.1 Å². The summed E-state index contributed by atoms with van der Waals surface area (Å²) in [6.07, 6.45) is 0.582. The number of carbonyl (C=O) groups is 2. The number of nitrogens with zero attached hydrogens (tertiary/aromatic N) is 3. The number of alkyl carbamates (subject to hydrolysis) is 1. The molecule has 2 N–H and O–H groups in total. The molecule has 0 aliphatic rings. The van der Waals surface area contributed by atoms with E-state index in [2.05, 4.69) is 20.7 Å². The summed E-state index contributed by atoms with van der Waals surface area (Å²) in [5.41, 5.74) is -0.0644. The Bertz CT molecular complexity index is 857. The summed E-state index contributed by atoms with van der Waals surface area (Å²) in [6, 6.07) is 5.12. The number of ether oxygens (including phenoxy) is 1. The lowest BCUT2D eigenvalue weighted by Gasteiger charge is -2.19. The second-order valence-corrected chi connectivity index (χ2v) is 8.04. The van der Waals surface area contributed by atoms with Crippen LogP contribution in [0, 0.1) is 0 Å². The van der Waals surface area contributed by atoms with Gasteiger partial charge in [-0.25, -0.2) is 14.5 Å². The predicted octanol–water partition coefficient (Wildman–Crippen LogP) is 3.78. The molecule has 10 heteroatoms. The molecule has 0 aliphatic carbocycles. The van der Waals surface area contributed by atoms with Crippen LogP contribution in [-0.2, 0) is 11.2 Å². The van der Waals surface area contributed by atoms with Crippen LogP contribution in [0.4, 0.5) is 4.79 Å². The highest BCUT2D eigenvalue weighted by molar-refractivity contribution is 6.37. The molecule has 0 fully saturated rings. The number of aryl methyl sites for hydroxylation is 1. The van der Waals surface area contributed by atoms with Crippen molar-refractivity contribution in [2.75, 3.05) is 13.1 Å². The molecule has 0 aliphatic heterocycles. The minimum Gasteiger partial charge on any atom is -0.444 e. The van der Waals surface area contributed by atoms with Crippen molar-refractivity contribution in [2.45, 2.75) is 46.1 Å². The number of benzene rings is 1. The Hall–Kier alpha value is -2.32. The first-order valence-corrected chi connectivity index (χ1v) is 10.0. The monoisotopic (exact) mass is 441 g/mol. The fraction of sp³-hybridized carbons (Fsp3) is 0.474. The van der Waals surface area contributed by atoms with Gasteiger partial charge < -0.3 is 15.4 Å². The zero-order valence-electron chi connectivity index (χ0n) is 16.9. The van der Waals surface area contributed by atoms with Crippen molar-refractivity contribution >= 4 is 35.2 Å². The molecular formula is C19H25Cl2N5O3. The molecule has 2 aromatic rings. The standard InChI is InChI=1S/C19H25Cl2N5O3/c1-5-14-24-16(25-26(14)15-12(20)8-6-9-13(15)21)17(27)22-10-7-11-23-18(28)29-19(2,3)4/h6,8-9H,5,7,10-11H2,1-4H3,(H,22,27)(H,23,28). The normalized spacial score (nSPS) is 11.2. The number of nitrogens with one attached hydrogen (secondary N) is 2. The summed E-state index contributed by atoms with van der Waals surface area (Å²) >= 11 is 12.5. The third-order valence-corrected chi connectivity index (χ3v) is 4.26. The molecule has 0 saturated heterocycles. The molecule has 29 heavy (non-hydrogen) atoms. The summed E-state index contributed by atoms with van der Waals surface area (Å²) in [5, 5.41) is 10.5. The summed E-state index contributed by atoms with van der Waals surface area (Å²) in [4.78, 5) is 28.2. The molecule has 0 radical (unpaired) electrons. The number of para-hydroxylation sites is 1. The van der Waals surface area contributed by atoms with Gasteiger partial charge in [-0.05, 0) is 39.3 Å². The number of hydrogen-bond acceptors (Lipinski definition) is 5. The van der Waals surface area contributed by atoms with Crippen molar-refractivity contribution in [1.82, 2.24) is 25.4 Å². The second-order valence-electron chi connectivity index (χ2n) is 7.23. The topological polar surface area (TPSA) is 98.1 Å². The van der Waals surface area contributed by atoms with Crippen LogP contribution in [0.5, 0.6) is 0 Å². The minimum atomic E-state index is -0.551. The van der Waals surface area contributed by atoms with Gasteiger partial charge in [-0.3, -0.25) is 4.79 Å². The lowest BCUT2D eigenvalue weighted by Crippen LogP contribution is -2.34. The van der Waals surface area contributed by atoms with Crippen molar-refractivity contribution in [3.05, 3.63) is 39.9 Å². The summed E-state index contributed by atoms with van der Waals surface area (Å²) in [6.45, 7) is 7.98. The zero-order valence-corrected chi connectivity index (χ0v) is 18.4. The van der Waals surface area contributed by atoms with E-state index in [0.29, 0.717) is 47.5 Å². The molecule has 8 nitrogen and oxygen atoms in total. The van der Waals surface area contributed by atoms with Crippen LogP contribution in [0.1, 0.15) is 50.6 Å². The van der Waals surface area contributed by atoms with Crippen LogP contribution in [0.15, 0.2) is 18.2 Å². The van der Waals surface area contributed by atoms with Crippen LogP contribution in [0.3, 0.4) is 0 Å². The molecule has 158 valence electrons. The van der Waals surface area contributed by atoms with E-state index in [9.17, 15) is 9.59 Å². The minimum absolute atomic E-state index is 0.0259. The van der Waals surface area contributed by atoms with E-state index in [1.165, 1.54) is 4.68 Å². The Balaban J connectivity index is 1.94.